The maximum Gasteiger partial charge on any atom is 0.251 e. The molecule has 33 heavy (non-hydrogen) atoms. The second-order valence-electron chi connectivity index (χ2n) is 8.82. The van der Waals surface area contributed by atoms with Crippen LogP contribution in [0.3, 0.4) is 0 Å². The van der Waals surface area contributed by atoms with Crippen molar-refractivity contribution < 1.29 is 19.1 Å². The first-order chi connectivity index (χ1) is 16.1. The molecule has 0 saturated carbocycles. The summed E-state index contributed by atoms with van der Waals surface area (Å²) < 4.78 is 11.4. The number of amides is 2. The van der Waals surface area contributed by atoms with Gasteiger partial charge in [-0.05, 0) is 73.1 Å². The van der Waals surface area contributed by atoms with Crippen LogP contribution >= 0.6 is 0 Å². The van der Waals surface area contributed by atoms with E-state index in [2.05, 4.69) is 34.1 Å². The molecule has 7 heteroatoms. The zero-order chi connectivity index (χ0) is 23.0. The number of aryl methyl sites for hydroxylation is 1. The van der Waals surface area contributed by atoms with Crippen LogP contribution < -0.4 is 20.7 Å². The number of carbonyl (C=O) groups excluding carboxylic acids is 2. The monoisotopic (exact) mass is 451 g/mol. The number of carbonyl (C=O) groups is 2. The van der Waals surface area contributed by atoms with Gasteiger partial charge in [0.1, 0.15) is 12.4 Å². The van der Waals surface area contributed by atoms with Gasteiger partial charge in [-0.15, -0.1) is 0 Å². The molecule has 1 heterocycles. The van der Waals surface area contributed by atoms with Gasteiger partial charge in [0, 0.05) is 31.7 Å². The van der Waals surface area contributed by atoms with Crippen LogP contribution in [0.4, 0.5) is 0 Å². The van der Waals surface area contributed by atoms with Crippen LogP contribution in [-0.4, -0.2) is 43.8 Å². The first-order valence-corrected chi connectivity index (χ1v) is 11.8. The fraction of sp³-hybridized carbons (Fsp3) is 0.462. The fourth-order valence-corrected chi connectivity index (χ4v) is 4.37. The van der Waals surface area contributed by atoms with E-state index in [0.29, 0.717) is 25.4 Å². The molecule has 0 bridgehead atoms. The highest BCUT2D eigenvalue weighted by molar-refractivity contribution is 5.94. The zero-order valence-corrected chi connectivity index (χ0v) is 19.2. The van der Waals surface area contributed by atoms with E-state index < -0.39 is 0 Å². The lowest BCUT2D eigenvalue weighted by molar-refractivity contribution is -0.119. The topological polar surface area (TPSA) is 88.7 Å². The summed E-state index contributed by atoms with van der Waals surface area (Å²) in [7, 11) is 0. The van der Waals surface area contributed by atoms with Crippen molar-refractivity contribution in [1.29, 1.82) is 0 Å². The van der Waals surface area contributed by atoms with Crippen molar-refractivity contribution >= 4 is 11.8 Å². The third kappa shape index (κ3) is 6.79. The number of hydrogen-bond acceptors (Lipinski definition) is 5. The van der Waals surface area contributed by atoms with E-state index in [1.54, 1.807) is 0 Å². The first-order valence-electron chi connectivity index (χ1n) is 11.8. The van der Waals surface area contributed by atoms with Gasteiger partial charge in [0.15, 0.2) is 0 Å². The maximum atomic E-state index is 12.7. The van der Waals surface area contributed by atoms with Crippen LogP contribution in [0, 0.1) is 0 Å². The van der Waals surface area contributed by atoms with E-state index in [-0.39, 0.29) is 24.0 Å². The lowest BCUT2D eigenvalue weighted by atomic mass is 9.87. The van der Waals surface area contributed by atoms with Crippen LogP contribution in [0.25, 0.3) is 0 Å². The van der Waals surface area contributed by atoms with Crippen molar-refractivity contribution in [3.8, 4) is 5.75 Å². The molecule has 0 spiro atoms. The summed E-state index contributed by atoms with van der Waals surface area (Å²) in [6.07, 6.45) is 5.01. The van der Waals surface area contributed by atoms with Gasteiger partial charge < -0.3 is 20.1 Å². The first kappa shape index (κ1) is 23.3. The normalized spacial score (nSPS) is 19.5. The lowest BCUT2D eigenvalue weighted by Crippen LogP contribution is -2.38. The smallest absolute Gasteiger partial charge is 0.251 e. The minimum Gasteiger partial charge on any atom is -0.491 e. The molecule has 0 radical (unpaired) electrons. The van der Waals surface area contributed by atoms with E-state index in [1.165, 1.54) is 23.6 Å². The molecule has 2 amide bonds. The van der Waals surface area contributed by atoms with Crippen LogP contribution in [0.5, 0.6) is 5.75 Å². The second-order valence-corrected chi connectivity index (χ2v) is 8.82. The quantitative estimate of drug-likeness (QED) is 0.403. The molecule has 7 nitrogen and oxygen atoms in total. The van der Waals surface area contributed by atoms with E-state index in [0.717, 1.165) is 44.5 Å². The van der Waals surface area contributed by atoms with E-state index in [9.17, 15) is 9.59 Å². The largest absolute Gasteiger partial charge is 0.491 e. The van der Waals surface area contributed by atoms with Gasteiger partial charge in [0.2, 0.25) is 5.91 Å². The predicted molar refractivity (Wildman–Crippen MR) is 126 cm³/mol. The SMILES string of the molecule is CC(=O)NCNCc1ccc2c(c1)CC[C@H](NC(=O)c1ccc(OC[C@@H]3CCCO3)cc1)C2. The Kier molecular flexibility index (Phi) is 7.96. The molecule has 4 rings (SSSR count). The Morgan fingerprint density at radius 1 is 1.09 bits per heavy atom. The summed E-state index contributed by atoms with van der Waals surface area (Å²) in [6, 6.07) is 14.0. The summed E-state index contributed by atoms with van der Waals surface area (Å²) in [5.41, 5.74) is 4.47. The number of rotatable bonds is 9. The fourth-order valence-electron chi connectivity index (χ4n) is 4.37. The summed E-state index contributed by atoms with van der Waals surface area (Å²) in [5, 5.41) is 9.14. The Morgan fingerprint density at radius 2 is 1.94 bits per heavy atom. The summed E-state index contributed by atoms with van der Waals surface area (Å²) in [5.74, 6) is 0.670. The molecule has 0 aromatic heterocycles. The summed E-state index contributed by atoms with van der Waals surface area (Å²) >= 11 is 0. The molecule has 1 fully saturated rings. The van der Waals surface area contributed by atoms with Gasteiger partial charge in [0.25, 0.3) is 5.91 Å². The minimum absolute atomic E-state index is 0.0419. The minimum atomic E-state index is -0.0482. The van der Waals surface area contributed by atoms with Crippen molar-refractivity contribution in [2.45, 2.75) is 57.7 Å². The number of ether oxygens (including phenoxy) is 2. The van der Waals surface area contributed by atoms with E-state index in [1.807, 2.05) is 24.3 Å². The van der Waals surface area contributed by atoms with Crippen molar-refractivity contribution in [3.63, 3.8) is 0 Å². The van der Waals surface area contributed by atoms with Gasteiger partial charge in [-0.1, -0.05) is 18.2 Å². The number of nitrogens with one attached hydrogen (secondary N) is 3. The van der Waals surface area contributed by atoms with Crippen LogP contribution in [0.15, 0.2) is 42.5 Å². The average molecular weight is 452 g/mol. The van der Waals surface area contributed by atoms with E-state index >= 15 is 0 Å². The Labute approximate surface area is 195 Å². The molecular formula is C26H33N3O4. The number of benzene rings is 2. The van der Waals surface area contributed by atoms with Crippen LogP contribution in [-0.2, 0) is 28.9 Å². The maximum absolute atomic E-state index is 12.7. The number of hydrogen-bond donors (Lipinski definition) is 3. The van der Waals surface area contributed by atoms with Gasteiger partial charge in [-0.2, -0.15) is 0 Å². The lowest BCUT2D eigenvalue weighted by Gasteiger charge is -2.26. The van der Waals surface area contributed by atoms with Crippen molar-refractivity contribution in [1.82, 2.24) is 16.0 Å². The van der Waals surface area contributed by atoms with Gasteiger partial charge in [-0.25, -0.2) is 0 Å². The zero-order valence-electron chi connectivity index (χ0n) is 19.2. The molecule has 3 N–H and O–H groups in total. The molecule has 1 saturated heterocycles. The Bertz CT molecular complexity index is 955. The molecule has 1 aliphatic carbocycles. The second kappa shape index (κ2) is 11.3. The molecular weight excluding hydrogens is 418 g/mol. The Morgan fingerprint density at radius 3 is 2.70 bits per heavy atom. The van der Waals surface area contributed by atoms with Gasteiger partial charge >= 0.3 is 0 Å². The molecule has 0 unspecified atom stereocenters. The van der Waals surface area contributed by atoms with Crippen LogP contribution in [0.1, 0.15) is 53.2 Å². The third-order valence-electron chi connectivity index (χ3n) is 6.20. The van der Waals surface area contributed by atoms with Crippen molar-refractivity contribution in [2.75, 3.05) is 19.9 Å². The standard InChI is InChI=1S/C26H33N3O4/c1-18(30)28-17-27-15-19-4-5-22-14-23(9-6-21(22)13-19)29-26(31)20-7-10-24(11-8-20)33-16-25-3-2-12-32-25/h4-5,7-8,10-11,13,23,25,27H,2-3,6,9,12,14-17H2,1H3,(H,28,30)(H,29,31)/t23-,25-/m0/s1. The van der Waals surface area contributed by atoms with Gasteiger partial charge in [0.05, 0.1) is 12.8 Å². The molecule has 176 valence electrons. The molecule has 2 atom stereocenters. The highest BCUT2D eigenvalue weighted by atomic mass is 16.5. The Hall–Kier alpha value is -2.90. The van der Waals surface area contributed by atoms with Gasteiger partial charge in [-0.3, -0.25) is 14.9 Å². The highest BCUT2D eigenvalue weighted by Gasteiger charge is 2.21. The summed E-state index contributed by atoms with van der Waals surface area (Å²) in [6.45, 7) is 4.05. The molecule has 1 aliphatic heterocycles. The van der Waals surface area contributed by atoms with Crippen LogP contribution in [0.2, 0.25) is 0 Å². The average Bonchev–Trinajstić information content (AvgIpc) is 3.34. The summed E-state index contributed by atoms with van der Waals surface area (Å²) in [4.78, 5) is 23.7. The number of fused-ring (bicyclic) bond motifs is 1. The molecule has 2 aromatic carbocycles. The third-order valence-corrected chi connectivity index (χ3v) is 6.20. The van der Waals surface area contributed by atoms with E-state index in [4.69, 9.17) is 9.47 Å². The molecule has 2 aliphatic rings. The van der Waals surface area contributed by atoms with Crippen molar-refractivity contribution in [2.24, 2.45) is 0 Å². The predicted octanol–water partition coefficient (Wildman–Crippen LogP) is 2.71. The van der Waals surface area contributed by atoms with Crippen molar-refractivity contribution in [3.05, 3.63) is 64.7 Å². The Balaban J connectivity index is 1.24. The highest BCUT2D eigenvalue weighted by Crippen LogP contribution is 2.23. The molecule has 2 aromatic rings.